The third kappa shape index (κ3) is 2.17. The normalized spacial score (nSPS) is 11.4. The molecule has 0 radical (unpaired) electrons. The van der Waals surface area contributed by atoms with Gasteiger partial charge in [-0.3, -0.25) is 4.98 Å². The van der Waals surface area contributed by atoms with Gasteiger partial charge in [0.05, 0.1) is 0 Å². The quantitative estimate of drug-likeness (QED) is 0.137. The number of amidine groups is 1. The Labute approximate surface area is 74.5 Å². The molecule has 0 aliphatic heterocycles. The summed E-state index contributed by atoms with van der Waals surface area (Å²) in [7, 11) is -1.56. The third-order valence-corrected chi connectivity index (χ3v) is 1.45. The Morgan fingerprint density at radius 1 is 1.46 bits per heavy atom. The SMILES string of the molecule is N/C(=N\O)c1ccc(B(O)O)cn1. The van der Waals surface area contributed by atoms with Crippen molar-refractivity contribution < 1.29 is 15.3 Å². The molecule has 0 aliphatic carbocycles. The lowest BCUT2D eigenvalue weighted by molar-refractivity contribution is 0.318. The van der Waals surface area contributed by atoms with Gasteiger partial charge in [-0.25, -0.2) is 0 Å². The predicted molar refractivity (Wildman–Crippen MR) is 46.6 cm³/mol. The second-order valence-electron chi connectivity index (χ2n) is 2.34. The number of nitrogens with two attached hydrogens (primary N) is 1. The molecule has 1 aromatic heterocycles. The van der Waals surface area contributed by atoms with Crippen molar-refractivity contribution in [2.75, 3.05) is 0 Å². The lowest BCUT2D eigenvalue weighted by atomic mass is 9.82. The van der Waals surface area contributed by atoms with Crippen LogP contribution in [-0.2, 0) is 0 Å². The molecule has 5 N–H and O–H groups in total. The molecule has 13 heavy (non-hydrogen) atoms. The van der Waals surface area contributed by atoms with E-state index >= 15 is 0 Å². The van der Waals surface area contributed by atoms with Gasteiger partial charge in [0.25, 0.3) is 0 Å². The topological polar surface area (TPSA) is 112 Å². The van der Waals surface area contributed by atoms with E-state index in [9.17, 15) is 0 Å². The van der Waals surface area contributed by atoms with Crippen LogP contribution < -0.4 is 11.2 Å². The van der Waals surface area contributed by atoms with Crippen molar-refractivity contribution in [3.8, 4) is 0 Å². The molecule has 0 amide bonds. The summed E-state index contributed by atoms with van der Waals surface area (Å²) >= 11 is 0. The average Bonchev–Trinajstić information content (AvgIpc) is 2.17. The fourth-order valence-electron chi connectivity index (χ4n) is 0.761. The fraction of sp³-hybridized carbons (Fsp3) is 0. The molecule has 1 rings (SSSR count). The van der Waals surface area contributed by atoms with Crippen molar-refractivity contribution in [1.29, 1.82) is 0 Å². The first kappa shape index (κ1) is 9.49. The van der Waals surface area contributed by atoms with Gasteiger partial charge in [0, 0.05) is 11.7 Å². The summed E-state index contributed by atoms with van der Waals surface area (Å²) in [5, 5.41) is 28.5. The molecule has 0 saturated heterocycles. The van der Waals surface area contributed by atoms with E-state index in [0.717, 1.165) is 0 Å². The third-order valence-electron chi connectivity index (χ3n) is 1.45. The molecule has 0 aliphatic rings. The zero-order chi connectivity index (χ0) is 9.84. The van der Waals surface area contributed by atoms with E-state index in [4.69, 9.17) is 21.0 Å². The number of pyridine rings is 1. The van der Waals surface area contributed by atoms with E-state index in [1.165, 1.54) is 18.3 Å². The molecule has 1 aromatic rings. The Kier molecular flexibility index (Phi) is 2.83. The molecule has 6 nitrogen and oxygen atoms in total. The molecule has 1 heterocycles. The number of rotatable bonds is 2. The molecular weight excluding hydrogens is 173 g/mol. The maximum Gasteiger partial charge on any atom is 0.490 e. The van der Waals surface area contributed by atoms with E-state index in [-0.39, 0.29) is 17.0 Å². The second kappa shape index (κ2) is 3.88. The molecule has 0 saturated carbocycles. The van der Waals surface area contributed by atoms with Gasteiger partial charge in [0.1, 0.15) is 5.69 Å². The molecule has 0 unspecified atom stereocenters. The largest absolute Gasteiger partial charge is 0.490 e. The van der Waals surface area contributed by atoms with Crippen LogP contribution in [-0.4, -0.2) is 33.2 Å². The standard InChI is InChI=1S/C6H8BN3O3/c8-6(10-13)5-2-1-4(3-9-5)7(11)12/h1-3,11-13H,(H2,8,10). The Morgan fingerprint density at radius 3 is 2.54 bits per heavy atom. The van der Waals surface area contributed by atoms with Crippen LogP contribution in [0.1, 0.15) is 5.69 Å². The van der Waals surface area contributed by atoms with Crippen molar-refractivity contribution >= 4 is 18.4 Å². The second-order valence-corrected chi connectivity index (χ2v) is 2.34. The predicted octanol–water partition coefficient (Wildman–Crippen LogP) is -2.14. The summed E-state index contributed by atoms with van der Waals surface area (Å²) in [6.45, 7) is 0. The van der Waals surface area contributed by atoms with Crippen LogP contribution >= 0.6 is 0 Å². The number of aromatic nitrogens is 1. The van der Waals surface area contributed by atoms with Crippen LogP contribution in [0.5, 0.6) is 0 Å². The number of hydrogen-bond donors (Lipinski definition) is 4. The minimum atomic E-state index is -1.56. The van der Waals surface area contributed by atoms with E-state index in [0.29, 0.717) is 0 Å². The Morgan fingerprint density at radius 2 is 2.15 bits per heavy atom. The molecular formula is C6H8BN3O3. The van der Waals surface area contributed by atoms with Gasteiger partial charge in [-0.15, -0.1) is 0 Å². The van der Waals surface area contributed by atoms with Crippen molar-refractivity contribution in [3.05, 3.63) is 24.0 Å². The summed E-state index contributed by atoms with van der Waals surface area (Å²) in [6.07, 6.45) is 1.23. The number of oxime groups is 1. The van der Waals surface area contributed by atoms with Crippen LogP contribution in [0.4, 0.5) is 0 Å². The summed E-state index contributed by atoms with van der Waals surface area (Å²) in [4.78, 5) is 3.73. The highest BCUT2D eigenvalue weighted by Crippen LogP contribution is 1.91. The number of nitrogens with zero attached hydrogens (tertiary/aromatic N) is 2. The average molecular weight is 181 g/mol. The van der Waals surface area contributed by atoms with Gasteiger partial charge in [-0.1, -0.05) is 11.2 Å². The van der Waals surface area contributed by atoms with Crippen LogP contribution in [0.25, 0.3) is 0 Å². The molecule has 7 heteroatoms. The van der Waals surface area contributed by atoms with Crippen LogP contribution in [0, 0.1) is 0 Å². The van der Waals surface area contributed by atoms with Gasteiger partial charge in [0.2, 0.25) is 0 Å². The summed E-state index contributed by atoms with van der Waals surface area (Å²) in [5.74, 6) is -0.126. The van der Waals surface area contributed by atoms with Gasteiger partial charge in [-0.05, 0) is 6.07 Å². The van der Waals surface area contributed by atoms with Gasteiger partial charge in [0.15, 0.2) is 5.84 Å². The summed E-state index contributed by atoms with van der Waals surface area (Å²) in [5.41, 5.74) is 5.75. The first-order valence-corrected chi connectivity index (χ1v) is 3.45. The minimum Gasteiger partial charge on any atom is -0.423 e. The van der Waals surface area contributed by atoms with E-state index < -0.39 is 7.12 Å². The van der Waals surface area contributed by atoms with Crippen LogP contribution in [0.15, 0.2) is 23.5 Å². The highest BCUT2D eigenvalue weighted by atomic mass is 16.4. The Hall–Kier alpha value is -1.60. The molecule has 0 fully saturated rings. The number of hydrogen-bond acceptors (Lipinski definition) is 5. The first-order valence-electron chi connectivity index (χ1n) is 3.45. The van der Waals surface area contributed by atoms with Crippen LogP contribution in [0.2, 0.25) is 0 Å². The van der Waals surface area contributed by atoms with Crippen molar-refractivity contribution in [2.24, 2.45) is 10.9 Å². The highest BCUT2D eigenvalue weighted by Gasteiger charge is 2.11. The molecule has 68 valence electrons. The molecule has 0 atom stereocenters. The van der Waals surface area contributed by atoms with Crippen molar-refractivity contribution in [2.45, 2.75) is 0 Å². The minimum absolute atomic E-state index is 0.126. The smallest absolute Gasteiger partial charge is 0.423 e. The monoisotopic (exact) mass is 181 g/mol. The lowest BCUT2D eigenvalue weighted by Crippen LogP contribution is -2.30. The van der Waals surface area contributed by atoms with Crippen molar-refractivity contribution in [1.82, 2.24) is 4.98 Å². The maximum absolute atomic E-state index is 8.72. The lowest BCUT2D eigenvalue weighted by Gasteiger charge is -2.00. The van der Waals surface area contributed by atoms with Gasteiger partial charge < -0.3 is 21.0 Å². The van der Waals surface area contributed by atoms with E-state index in [2.05, 4.69) is 10.1 Å². The van der Waals surface area contributed by atoms with Gasteiger partial charge >= 0.3 is 7.12 Å². The van der Waals surface area contributed by atoms with Gasteiger partial charge in [-0.2, -0.15) is 0 Å². The van der Waals surface area contributed by atoms with E-state index in [1.807, 2.05) is 0 Å². The Bertz CT molecular complexity index is 311. The summed E-state index contributed by atoms with van der Waals surface area (Å²) in [6, 6.07) is 2.84. The molecule has 0 aromatic carbocycles. The zero-order valence-corrected chi connectivity index (χ0v) is 6.62. The Balaban J connectivity index is 2.94. The molecule has 0 bridgehead atoms. The van der Waals surface area contributed by atoms with Crippen LogP contribution in [0.3, 0.4) is 0 Å². The first-order chi connectivity index (χ1) is 6.15. The zero-order valence-electron chi connectivity index (χ0n) is 6.62. The summed E-state index contributed by atoms with van der Waals surface area (Å²) < 4.78 is 0. The fourth-order valence-corrected chi connectivity index (χ4v) is 0.761. The van der Waals surface area contributed by atoms with E-state index in [1.54, 1.807) is 0 Å². The van der Waals surface area contributed by atoms with Crippen molar-refractivity contribution in [3.63, 3.8) is 0 Å². The molecule has 0 spiro atoms. The maximum atomic E-state index is 8.72. The highest BCUT2D eigenvalue weighted by molar-refractivity contribution is 6.58.